The van der Waals surface area contributed by atoms with E-state index in [-0.39, 0.29) is 47.2 Å². The minimum Gasteiger partial charge on any atom is -0.396 e. The van der Waals surface area contributed by atoms with Gasteiger partial charge in [0.25, 0.3) is 0 Å². The lowest BCUT2D eigenvalue weighted by atomic mass is 9.49. The lowest BCUT2D eigenvalue weighted by molar-refractivity contribution is -0.150. The van der Waals surface area contributed by atoms with Gasteiger partial charge < -0.3 is 10.2 Å². The molecule has 0 amide bonds. The van der Waals surface area contributed by atoms with Crippen molar-refractivity contribution in [2.75, 3.05) is 12.5 Å². The summed E-state index contributed by atoms with van der Waals surface area (Å²) in [5, 5.41) is 21.3. The maximum absolute atomic E-state index is 12.5. The normalized spacial score (nSPS) is 45.5. The van der Waals surface area contributed by atoms with Gasteiger partial charge in [0.2, 0.25) is 0 Å². The molecule has 0 bridgehead atoms. The molecular formula is C22H27ClO4. The van der Waals surface area contributed by atoms with Crippen LogP contribution in [0.2, 0.25) is 0 Å². The van der Waals surface area contributed by atoms with Gasteiger partial charge in [-0.05, 0) is 62.2 Å². The van der Waals surface area contributed by atoms with E-state index in [1.165, 1.54) is 5.57 Å². The van der Waals surface area contributed by atoms with Crippen molar-refractivity contribution in [3.05, 3.63) is 35.5 Å². The van der Waals surface area contributed by atoms with E-state index in [2.05, 4.69) is 13.0 Å². The summed E-state index contributed by atoms with van der Waals surface area (Å²) in [5.74, 6) is -0.217. The Hall–Kier alpha value is -1.23. The van der Waals surface area contributed by atoms with Gasteiger partial charge in [0.05, 0.1) is 5.88 Å². The summed E-state index contributed by atoms with van der Waals surface area (Å²) in [6, 6.07) is 0. The Labute approximate surface area is 165 Å². The summed E-state index contributed by atoms with van der Waals surface area (Å²) in [6.45, 7) is 4.14. The molecule has 27 heavy (non-hydrogen) atoms. The van der Waals surface area contributed by atoms with Gasteiger partial charge in [0.15, 0.2) is 11.6 Å². The number of allylic oxidation sites excluding steroid dienone is 5. The molecule has 4 aliphatic carbocycles. The Morgan fingerprint density at radius 1 is 1.33 bits per heavy atom. The van der Waals surface area contributed by atoms with Crippen LogP contribution >= 0.6 is 11.6 Å². The van der Waals surface area contributed by atoms with Crippen LogP contribution in [0.1, 0.15) is 39.5 Å². The number of ketones is 2. The Bertz CT molecular complexity index is 796. The third kappa shape index (κ3) is 2.36. The minimum absolute atomic E-state index is 0.000631. The van der Waals surface area contributed by atoms with Crippen molar-refractivity contribution in [2.24, 2.45) is 28.6 Å². The molecule has 0 radical (unpaired) electrons. The van der Waals surface area contributed by atoms with E-state index in [9.17, 15) is 19.8 Å². The van der Waals surface area contributed by atoms with Gasteiger partial charge in [0, 0.05) is 23.4 Å². The van der Waals surface area contributed by atoms with Crippen LogP contribution in [0.3, 0.4) is 0 Å². The molecule has 0 saturated heterocycles. The quantitative estimate of drug-likeness (QED) is 0.574. The summed E-state index contributed by atoms with van der Waals surface area (Å²) in [4.78, 5) is 24.5. The maximum Gasteiger partial charge on any atom is 0.179 e. The molecule has 4 nitrogen and oxygen atoms in total. The molecule has 6 atom stereocenters. The second kappa shape index (κ2) is 6.13. The third-order valence-corrected chi connectivity index (χ3v) is 8.31. The number of halogens is 1. The highest BCUT2D eigenvalue weighted by Gasteiger charge is 2.64. The van der Waals surface area contributed by atoms with Crippen molar-refractivity contribution in [2.45, 2.75) is 45.1 Å². The molecule has 146 valence electrons. The SMILES string of the molecule is C[C@]12C=CC(=O)C=C1[C@@H](CO)C[C@@H]1C2=CC[C@@]2(C)[C@H]1CC[C@]2(O)C(=O)CCl. The maximum atomic E-state index is 12.5. The highest BCUT2D eigenvalue weighted by molar-refractivity contribution is 6.29. The predicted octanol–water partition coefficient (Wildman–Crippen LogP) is 2.97. The average molecular weight is 391 g/mol. The number of aliphatic hydroxyl groups excluding tert-OH is 1. The first-order valence-electron chi connectivity index (χ1n) is 9.79. The van der Waals surface area contributed by atoms with Crippen LogP contribution < -0.4 is 0 Å². The Morgan fingerprint density at radius 3 is 2.74 bits per heavy atom. The van der Waals surface area contributed by atoms with Gasteiger partial charge >= 0.3 is 0 Å². The van der Waals surface area contributed by atoms with Crippen molar-refractivity contribution in [1.82, 2.24) is 0 Å². The summed E-state index contributed by atoms with van der Waals surface area (Å²) < 4.78 is 0. The summed E-state index contributed by atoms with van der Waals surface area (Å²) >= 11 is 5.82. The number of alkyl halides is 1. The Kier molecular flexibility index (Phi) is 4.34. The molecule has 2 saturated carbocycles. The topological polar surface area (TPSA) is 74.6 Å². The van der Waals surface area contributed by atoms with Gasteiger partial charge in [-0.1, -0.05) is 24.6 Å². The molecule has 0 aromatic rings. The molecule has 0 aromatic heterocycles. The number of fused-ring (bicyclic) bond motifs is 5. The smallest absolute Gasteiger partial charge is 0.179 e. The predicted molar refractivity (Wildman–Crippen MR) is 103 cm³/mol. The monoisotopic (exact) mass is 390 g/mol. The van der Waals surface area contributed by atoms with Gasteiger partial charge in [0.1, 0.15) is 5.60 Å². The molecule has 5 heteroatoms. The fraction of sp³-hybridized carbons (Fsp3) is 0.636. The van der Waals surface area contributed by atoms with Crippen LogP contribution in [0.4, 0.5) is 0 Å². The zero-order chi connectivity index (χ0) is 19.6. The highest BCUT2D eigenvalue weighted by atomic mass is 35.5. The fourth-order valence-corrected chi connectivity index (χ4v) is 6.72. The number of hydrogen-bond acceptors (Lipinski definition) is 4. The number of Topliss-reactive ketones (excluding diaryl/α,β-unsaturated/α-hetero) is 1. The number of carbonyl (C=O) groups is 2. The van der Waals surface area contributed by atoms with Gasteiger partial charge in [-0.15, -0.1) is 11.6 Å². The zero-order valence-corrected chi connectivity index (χ0v) is 16.6. The summed E-state index contributed by atoms with van der Waals surface area (Å²) in [7, 11) is 0. The first-order valence-corrected chi connectivity index (χ1v) is 10.3. The molecule has 4 aliphatic rings. The lowest BCUT2D eigenvalue weighted by Gasteiger charge is -2.55. The van der Waals surface area contributed by atoms with E-state index < -0.39 is 11.0 Å². The van der Waals surface area contributed by atoms with Crippen molar-refractivity contribution < 1.29 is 19.8 Å². The van der Waals surface area contributed by atoms with Crippen LogP contribution in [0.15, 0.2) is 35.5 Å². The number of rotatable bonds is 3. The molecule has 0 unspecified atom stereocenters. The van der Waals surface area contributed by atoms with Crippen molar-refractivity contribution >= 4 is 23.2 Å². The lowest BCUT2D eigenvalue weighted by Crippen LogP contribution is -2.55. The van der Waals surface area contributed by atoms with E-state index >= 15 is 0 Å². The molecule has 0 aliphatic heterocycles. The van der Waals surface area contributed by atoms with E-state index in [1.807, 2.05) is 13.0 Å². The van der Waals surface area contributed by atoms with Gasteiger partial charge in [-0.3, -0.25) is 9.59 Å². The standard InChI is InChI=1S/C22H27ClO4/c1-20-6-3-14(25)10-18(20)13(12-24)9-15-16(20)4-7-21(2)17(15)5-8-22(21,27)19(26)11-23/h3-4,6,10,13,15,17,24,27H,5,7-9,11-12H2,1-2H3/t13-,15-,17+,20-,21+,22+/m1/s1. The van der Waals surface area contributed by atoms with Gasteiger partial charge in [-0.25, -0.2) is 0 Å². The van der Waals surface area contributed by atoms with E-state index in [4.69, 9.17) is 11.6 Å². The number of carbonyl (C=O) groups excluding carboxylic acids is 2. The first kappa shape index (κ1) is 19.1. The van der Waals surface area contributed by atoms with Crippen molar-refractivity contribution in [3.8, 4) is 0 Å². The van der Waals surface area contributed by atoms with Crippen LogP contribution in [-0.4, -0.2) is 39.9 Å². The molecule has 2 N–H and O–H groups in total. The molecule has 0 heterocycles. The molecular weight excluding hydrogens is 364 g/mol. The second-order valence-electron chi connectivity index (χ2n) is 9.10. The van der Waals surface area contributed by atoms with Crippen LogP contribution in [0, 0.1) is 28.6 Å². The van der Waals surface area contributed by atoms with Crippen molar-refractivity contribution in [1.29, 1.82) is 0 Å². The van der Waals surface area contributed by atoms with Crippen LogP contribution in [0.25, 0.3) is 0 Å². The minimum atomic E-state index is -1.38. The number of aliphatic hydroxyl groups is 2. The fourth-order valence-electron chi connectivity index (χ4n) is 6.50. The summed E-state index contributed by atoms with van der Waals surface area (Å²) in [6.07, 6.45) is 10.0. The third-order valence-electron chi connectivity index (χ3n) is 8.07. The molecule has 0 aromatic carbocycles. The molecule has 0 spiro atoms. The highest BCUT2D eigenvalue weighted by Crippen LogP contribution is 2.65. The van der Waals surface area contributed by atoms with Crippen LogP contribution in [-0.2, 0) is 9.59 Å². The second-order valence-corrected chi connectivity index (χ2v) is 9.37. The van der Waals surface area contributed by atoms with E-state index in [0.717, 1.165) is 18.4 Å². The zero-order valence-electron chi connectivity index (χ0n) is 15.9. The van der Waals surface area contributed by atoms with Crippen LogP contribution in [0.5, 0.6) is 0 Å². The average Bonchev–Trinajstić information content (AvgIpc) is 2.93. The largest absolute Gasteiger partial charge is 0.396 e. The first-order chi connectivity index (χ1) is 12.7. The van der Waals surface area contributed by atoms with Crippen molar-refractivity contribution in [3.63, 3.8) is 0 Å². The molecule has 4 rings (SSSR count). The van der Waals surface area contributed by atoms with E-state index in [1.54, 1.807) is 12.2 Å². The van der Waals surface area contributed by atoms with E-state index in [0.29, 0.717) is 12.8 Å². The number of hydrogen-bond donors (Lipinski definition) is 2. The molecule has 2 fully saturated rings. The Balaban J connectivity index is 1.81. The Morgan fingerprint density at radius 2 is 2.07 bits per heavy atom. The van der Waals surface area contributed by atoms with Gasteiger partial charge in [-0.2, -0.15) is 0 Å². The summed E-state index contributed by atoms with van der Waals surface area (Å²) in [5.41, 5.74) is -0.0336.